The smallest absolute Gasteiger partial charge is 0.306 e. The number of carbonyl (C=O) groups excluding carboxylic acids is 6. The second-order valence-electron chi connectivity index (χ2n) is 30.3. The third kappa shape index (κ3) is 95.3. The first kappa shape index (κ1) is 108. The van der Waals surface area contributed by atoms with E-state index in [1.807, 2.05) is 26.8 Å². The predicted molar refractivity (Wildman–Crippen MR) is 464 cm³/mol. The summed E-state index contributed by atoms with van der Waals surface area (Å²) in [6.07, 6.45) is 96.1. The van der Waals surface area contributed by atoms with E-state index in [9.17, 15) is 28.8 Å². The van der Waals surface area contributed by atoms with E-state index >= 15 is 0 Å². The normalized spacial score (nSPS) is 11.8. The highest BCUT2D eigenvalue weighted by atomic mass is 16.6. The molecule has 0 saturated carbocycles. The van der Waals surface area contributed by atoms with Crippen molar-refractivity contribution in [1.82, 2.24) is 0 Å². The maximum atomic E-state index is 12.8. The number of ether oxygens (including phenoxy) is 6. The Bertz CT molecular complexity index is 2060. The van der Waals surface area contributed by atoms with Gasteiger partial charge in [-0.15, -0.1) is 6.58 Å². The Morgan fingerprint density at radius 2 is 0.385 bits per heavy atom. The molecule has 0 aliphatic rings. The van der Waals surface area contributed by atoms with Crippen LogP contribution in [0.15, 0.2) is 85.6 Å². The van der Waals surface area contributed by atoms with Gasteiger partial charge in [0.25, 0.3) is 0 Å². The maximum absolute atomic E-state index is 12.8. The van der Waals surface area contributed by atoms with Gasteiger partial charge in [0.1, 0.15) is 26.4 Å². The fraction of sp³-hybridized carbons (Fsp3) is 0.794. The Labute approximate surface area is 673 Å². The average Bonchev–Trinajstić information content (AvgIpc) is 0.963. The zero-order valence-corrected chi connectivity index (χ0v) is 72.3. The molecule has 12 nitrogen and oxygen atoms in total. The van der Waals surface area contributed by atoms with Crippen LogP contribution < -0.4 is 0 Å². The highest BCUT2D eigenvalue weighted by Gasteiger charge is 2.22. The van der Waals surface area contributed by atoms with Gasteiger partial charge in [0.2, 0.25) is 0 Å². The van der Waals surface area contributed by atoms with Crippen LogP contribution in [0.3, 0.4) is 0 Å². The molecule has 0 bridgehead atoms. The number of hydrogen-bond donors (Lipinski definition) is 0. The third-order valence-electron chi connectivity index (χ3n) is 19.5. The van der Waals surface area contributed by atoms with Gasteiger partial charge in [-0.25, -0.2) is 0 Å². The molecule has 0 aromatic carbocycles. The van der Waals surface area contributed by atoms with E-state index in [4.69, 9.17) is 28.4 Å². The van der Waals surface area contributed by atoms with Crippen LogP contribution in [-0.4, -0.2) is 74.5 Å². The lowest BCUT2D eigenvalue weighted by atomic mass is 10.1. The summed E-state index contributed by atoms with van der Waals surface area (Å²) in [5, 5.41) is 0. The van der Waals surface area contributed by atoms with Gasteiger partial charge in [-0.2, -0.15) is 0 Å². The van der Waals surface area contributed by atoms with Crippen molar-refractivity contribution in [3.8, 4) is 0 Å². The Hall–Kier alpha value is -5.00. The van der Waals surface area contributed by atoms with Crippen molar-refractivity contribution < 1.29 is 57.2 Å². The van der Waals surface area contributed by atoms with E-state index in [1.165, 1.54) is 193 Å². The van der Waals surface area contributed by atoms with Crippen LogP contribution in [0.1, 0.15) is 459 Å². The molecule has 0 unspecified atom stereocenters. The summed E-state index contributed by atoms with van der Waals surface area (Å²) in [6, 6.07) is 0. The molecule has 0 aromatic heterocycles. The fourth-order valence-electron chi connectivity index (χ4n) is 12.5. The average molecular weight is 1530 g/mol. The lowest BCUT2D eigenvalue weighted by molar-refractivity contribution is -0.167. The Morgan fingerprint density at radius 1 is 0.229 bits per heavy atom. The minimum atomic E-state index is -0.781. The van der Waals surface area contributed by atoms with Gasteiger partial charge >= 0.3 is 35.8 Å². The van der Waals surface area contributed by atoms with Gasteiger partial charge in [0.15, 0.2) is 12.2 Å². The Balaban J connectivity index is -0.00000211. The first-order valence-corrected chi connectivity index (χ1v) is 45.9. The second kappa shape index (κ2) is 95.4. The number of carbonyl (C=O) groups is 6. The van der Waals surface area contributed by atoms with Crippen LogP contribution in [0.25, 0.3) is 0 Å². The van der Waals surface area contributed by atoms with Crippen molar-refractivity contribution in [1.29, 1.82) is 0 Å². The van der Waals surface area contributed by atoms with E-state index in [0.29, 0.717) is 38.5 Å². The highest BCUT2D eigenvalue weighted by Crippen LogP contribution is 2.18. The molecule has 0 N–H and O–H groups in total. The van der Waals surface area contributed by atoms with Crippen molar-refractivity contribution >= 4 is 35.8 Å². The molecule has 0 aromatic rings. The van der Waals surface area contributed by atoms with Gasteiger partial charge in [-0.1, -0.05) is 319 Å². The van der Waals surface area contributed by atoms with Crippen molar-refractivity contribution in [2.75, 3.05) is 26.4 Å². The molecule has 634 valence electrons. The van der Waals surface area contributed by atoms with Gasteiger partial charge in [0, 0.05) is 38.5 Å². The van der Waals surface area contributed by atoms with E-state index in [2.05, 4.69) is 107 Å². The molecule has 0 radical (unpaired) electrons. The molecule has 0 aliphatic heterocycles. The highest BCUT2D eigenvalue weighted by molar-refractivity contribution is 5.72. The number of unbranched alkanes of at least 4 members (excludes halogenated alkanes) is 48. The van der Waals surface area contributed by atoms with Crippen LogP contribution >= 0.6 is 0 Å². The summed E-state index contributed by atoms with van der Waals surface area (Å²) < 4.78 is 33.2. The summed E-state index contributed by atoms with van der Waals surface area (Å²) in [5.41, 5.74) is 0. The van der Waals surface area contributed by atoms with Gasteiger partial charge in [-0.3, -0.25) is 28.8 Å². The Morgan fingerprint density at radius 3 is 0.560 bits per heavy atom. The van der Waals surface area contributed by atoms with Crippen molar-refractivity contribution in [2.24, 2.45) is 0 Å². The van der Waals surface area contributed by atoms with E-state index in [0.717, 1.165) is 180 Å². The minimum Gasteiger partial charge on any atom is -0.462 e. The quantitative estimate of drug-likeness (QED) is 0.0246. The molecule has 0 fully saturated rings. The standard InChI is InChI=1S/C57H104O6.C36H62O6.C4H8/c1-4-7-10-13-16-19-22-25-28-31-34-37-40-43-46-49-55(58)61-52-54(63-57(60)51-48-45-42-39-36-33-30-27-24-21-18-15-12-9-6-3)53-62-56(59)50-47-44-41-38-35-32-29-26-23-20-17-14-11-8-5-2;1-4-7-10-13-16-19-22-25-28-34(37)40-31-33(42-36(39)30-27-24-21-18-15-12-9-6-3)32-41-35(38)29-26-23-20-17-14-11-8-5-2;1-3-4-2/h25-30,54H,4-24,31-53H2,1-3H3;4-9,33H,10-32H2,1-3H3;3H,1,4H2,2H3/b28-25-,29-26-,30-27-;;. The molecule has 0 saturated heterocycles. The summed E-state index contributed by atoms with van der Waals surface area (Å²) in [6.45, 7) is 18.1. The molecule has 0 amide bonds. The van der Waals surface area contributed by atoms with Crippen LogP contribution in [0.5, 0.6) is 0 Å². The van der Waals surface area contributed by atoms with Crippen molar-refractivity contribution in [3.63, 3.8) is 0 Å². The van der Waals surface area contributed by atoms with E-state index < -0.39 is 12.2 Å². The summed E-state index contributed by atoms with van der Waals surface area (Å²) in [4.78, 5) is 75.1. The molecule has 0 spiro atoms. The molecular formula is C97H174O12. The number of esters is 6. The van der Waals surface area contributed by atoms with Crippen LogP contribution in [0, 0.1) is 0 Å². The van der Waals surface area contributed by atoms with E-state index in [-0.39, 0.29) is 62.2 Å². The number of rotatable bonds is 80. The Kier molecular flexibility index (Phi) is 94.6. The summed E-state index contributed by atoms with van der Waals surface area (Å²) in [7, 11) is 0. The zero-order valence-electron chi connectivity index (χ0n) is 72.3. The summed E-state index contributed by atoms with van der Waals surface area (Å²) >= 11 is 0. The van der Waals surface area contributed by atoms with Crippen LogP contribution in [0.2, 0.25) is 0 Å². The van der Waals surface area contributed by atoms with Gasteiger partial charge in [-0.05, 0) is 181 Å². The third-order valence-corrected chi connectivity index (χ3v) is 19.5. The molecule has 12 heteroatoms. The first-order chi connectivity index (χ1) is 53.5. The molecule has 109 heavy (non-hydrogen) atoms. The molecular weight excluding hydrogens is 1360 g/mol. The monoisotopic (exact) mass is 1530 g/mol. The van der Waals surface area contributed by atoms with E-state index in [1.54, 1.807) is 0 Å². The first-order valence-electron chi connectivity index (χ1n) is 45.9. The lowest BCUT2D eigenvalue weighted by Gasteiger charge is -2.18. The largest absolute Gasteiger partial charge is 0.462 e. The predicted octanol–water partition coefficient (Wildman–Crippen LogP) is 29.6. The minimum absolute atomic E-state index is 0.0806. The van der Waals surface area contributed by atoms with Crippen LogP contribution in [0.4, 0.5) is 0 Å². The van der Waals surface area contributed by atoms with Crippen LogP contribution in [-0.2, 0) is 57.2 Å². The molecule has 0 atom stereocenters. The maximum Gasteiger partial charge on any atom is 0.306 e. The number of allylic oxidation sites excluding steroid dienone is 13. The number of hydrogen-bond acceptors (Lipinski definition) is 12. The molecule has 0 aliphatic carbocycles. The fourth-order valence-corrected chi connectivity index (χ4v) is 12.5. The van der Waals surface area contributed by atoms with Gasteiger partial charge < -0.3 is 28.4 Å². The second-order valence-corrected chi connectivity index (χ2v) is 30.3. The summed E-state index contributed by atoms with van der Waals surface area (Å²) in [5.74, 6) is -1.83. The topological polar surface area (TPSA) is 158 Å². The molecule has 0 heterocycles. The van der Waals surface area contributed by atoms with Crippen molar-refractivity contribution in [3.05, 3.63) is 85.6 Å². The van der Waals surface area contributed by atoms with Gasteiger partial charge in [0.05, 0.1) is 0 Å². The van der Waals surface area contributed by atoms with Crippen molar-refractivity contribution in [2.45, 2.75) is 472 Å². The SMILES string of the molecule is C=CCC.CC=CCCCCCCCC(=O)OCC(COC(=O)CCCCCCCC=CC)OC(=O)CCCCCCCC=CC.CCCCCCCC/C=C\CCCCCCCC(=O)OCC(COC(=O)CCCCCCC/C=C\CCCCCCCC)OC(=O)CCCCCCC/C=C\CCCCCCCC. The molecule has 0 rings (SSSR count). The lowest BCUT2D eigenvalue weighted by Crippen LogP contribution is -2.30. The zero-order chi connectivity index (χ0) is 80.1.